The topological polar surface area (TPSA) is 80.3 Å². The van der Waals surface area contributed by atoms with Gasteiger partial charge in [-0.15, -0.1) is 0 Å². The fourth-order valence-corrected chi connectivity index (χ4v) is 2.60. The average Bonchev–Trinajstić information content (AvgIpc) is 2.59. The number of likely N-dealkylation sites (tertiary alicyclic amines) is 1. The summed E-state index contributed by atoms with van der Waals surface area (Å²) in [6.07, 6.45) is 2.74. The van der Waals surface area contributed by atoms with Crippen LogP contribution >= 0.6 is 0 Å². The first-order chi connectivity index (χ1) is 10.7. The van der Waals surface area contributed by atoms with Crippen LogP contribution in [0.25, 0.3) is 0 Å². The number of aliphatic hydroxyl groups excluding tert-OH is 1. The Labute approximate surface area is 131 Å². The molecule has 0 bridgehead atoms. The third-order valence-electron chi connectivity index (χ3n) is 3.90. The summed E-state index contributed by atoms with van der Waals surface area (Å²) >= 11 is 0. The molecule has 22 heavy (non-hydrogen) atoms. The van der Waals surface area contributed by atoms with Crippen LogP contribution in [0.5, 0.6) is 11.5 Å². The summed E-state index contributed by atoms with van der Waals surface area (Å²) in [7, 11) is 3.16. The summed E-state index contributed by atoms with van der Waals surface area (Å²) in [6, 6.07) is 5.33. The standard InChI is InChI=1S/C16H25N3O3/c1-21-12-6-7-15(22-2)13(10-12)14(20)11-18-16(17)19-8-4-3-5-9-19/h6-7,10,14,20H,3-5,8-9,11H2,1-2H3,(H2,17,18). The molecule has 0 aliphatic carbocycles. The van der Waals surface area contributed by atoms with E-state index in [0.717, 1.165) is 25.9 Å². The first kappa shape index (κ1) is 16.4. The van der Waals surface area contributed by atoms with Gasteiger partial charge in [-0.2, -0.15) is 0 Å². The van der Waals surface area contributed by atoms with Gasteiger partial charge in [0.25, 0.3) is 0 Å². The Kier molecular flexibility index (Phi) is 5.89. The van der Waals surface area contributed by atoms with Gasteiger partial charge in [-0.3, -0.25) is 4.99 Å². The second-order valence-electron chi connectivity index (χ2n) is 5.37. The molecule has 0 amide bonds. The van der Waals surface area contributed by atoms with E-state index in [1.54, 1.807) is 32.4 Å². The van der Waals surface area contributed by atoms with Crippen molar-refractivity contribution in [2.75, 3.05) is 33.9 Å². The molecule has 3 N–H and O–H groups in total. The van der Waals surface area contributed by atoms with E-state index in [4.69, 9.17) is 15.2 Å². The zero-order valence-corrected chi connectivity index (χ0v) is 13.3. The van der Waals surface area contributed by atoms with Crippen molar-refractivity contribution in [2.45, 2.75) is 25.4 Å². The molecule has 6 nitrogen and oxygen atoms in total. The molecule has 0 radical (unpaired) electrons. The average molecular weight is 307 g/mol. The Morgan fingerprint density at radius 3 is 2.64 bits per heavy atom. The maximum Gasteiger partial charge on any atom is 0.191 e. The first-order valence-electron chi connectivity index (χ1n) is 7.60. The Hall–Kier alpha value is -1.95. The number of nitrogens with two attached hydrogens (primary N) is 1. The van der Waals surface area contributed by atoms with Crippen LogP contribution in [0.4, 0.5) is 0 Å². The van der Waals surface area contributed by atoms with Gasteiger partial charge >= 0.3 is 0 Å². The molecule has 1 saturated heterocycles. The molecule has 1 unspecified atom stereocenters. The number of methoxy groups -OCH3 is 2. The van der Waals surface area contributed by atoms with Gasteiger partial charge in [0.15, 0.2) is 5.96 Å². The van der Waals surface area contributed by atoms with Gasteiger partial charge in [-0.1, -0.05) is 0 Å². The van der Waals surface area contributed by atoms with Crippen LogP contribution in [-0.4, -0.2) is 49.8 Å². The van der Waals surface area contributed by atoms with Gasteiger partial charge in [0.2, 0.25) is 0 Å². The van der Waals surface area contributed by atoms with Crippen molar-refractivity contribution in [2.24, 2.45) is 10.7 Å². The third-order valence-corrected chi connectivity index (χ3v) is 3.90. The lowest BCUT2D eigenvalue weighted by Crippen LogP contribution is -2.41. The molecule has 122 valence electrons. The van der Waals surface area contributed by atoms with Gasteiger partial charge in [0.1, 0.15) is 17.6 Å². The van der Waals surface area contributed by atoms with E-state index in [9.17, 15) is 5.11 Å². The van der Waals surface area contributed by atoms with E-state index >= 15 is 0 Å². The molecular weight excluding hydrogens is 282 g/mol. The van der Waals surface area contributed by atoms with Gasteiger partial charge in [0, 0.05) is 18.7 Å². The highest BCUT2D eigenvalue weighted by Gasteiger charge is 2.16. The summed E-state index contributed by atoms with van der Waals surface area (Å²) in [6.45, 7) is 2.08. The van der Waals surface area contributed by atoms with Gasteiger partial charge in [-0.25, -0.2) is 0 Å². The summed E-state index contributed by atoms with van der Waals surface area (Å²) in [4.78, 5) is 6.40. The Balaban J connectivity index is 2.06. The molecule has 1 heterocycles. The molecule has 1 aromatic rings. The van der Waals surface area contributed by atoms with Crippen molar-refractivity contribution in [3.05, 3.63) is 23.8 Å². The minimum atomic E-state index is -0.784. The van der Waals surface area contributed by atoms with Crippen molar-refractivity contribution in [3.63, 3.8) is 0 Å². The first-order valence-corrected chi connectivity index (χ1v) is 7.60. The lowest BCUT2D eigenvalue weighted by molar-refractivity contribution is 0.181. The smallest absolute Gasteiger partial charge is 0.191 e. The maximum absolute atomic E-state index is 10.4. The minimum absolute atomic E-state index is 0.200. The summed E-state index contributed by atoms with van der Waals surface area (Å²) in [5.74, 6) is 1.78. The second kappa shape index (κ2) is 7.89. The van der Waals surface area contributed by atoms with Crippen LogP contribution in [0, 0.1) is 0 Å². The monoisotopic (exact) mass is 307 g/mol. The molecule has 6 heteroatoms. The predicted octanol–water partition coefficient (Wildman–Crippen LogP) is 1.54. The van der Waals surface area contributed by atoms with E-state index in [1.807, 2.05) is 0 Å². The van der Waals surface area contributed by atoms with Crippen molar-refractivity contribution >= 4 is 5.96 Å². The Bertz CT molecular complexity index is 513. The van der Waals surface area contributed by atoms with Gasteiger partial charge in [0.05, 0.1) is 20.8 Å². The van der Waals surface area contributed by atoms with E-state index in [2.05, 4.69) is 9.89 Å². The number of guanidine groups is 1. The maximum atomic E-state index is 10.4. The number of rotatable bonds is 5. The van der Waals surface area contributed by atoms with Crippen LogP contribution in [0.3, 0.4) is 0 Å². The van der Waals surface area contributed by atoms with Gasteiger partial charge < -0.3 is 25.2 Å². The highest BCUT2D eigenvalue weighted by atomic mass is 16.5. The molecule has 1 aliphatic rings. The van der Waals surface area contributed by atoms with Crippen molar-refractivity contribution in [1.82, 2.24) is 4.90 Å². The fraction of sp³-hybridized carbons (Fsp3) is 0.562. The minimum Gasteiger partial charge on any atom is -0.497 e. The van der Waals surface area contributed by atoms with Crippen LogP contribution in [0.15, 0.2) is 23.2 Å². The fourth-order valence-electron chi connectivity index (χ4n) is 2.60. The lowest BCUT2D eigenvalue weighted by atomic mass is 10.1. The molecule has 2 rings (SSSR count). The molecule has 0 aromatic heterocycles. The molecule has 1 atom stereocenters. The van der Waals surface area contributed by atoms with E-state index in [1.165, 1.54) is 6.42 Å². The molecular formula is C16H25N3O3. The highest BCUT2D eigenvalue weighted by Crippen LogP contribution is 2.29. The van der Waals surface area contributed by atoms with Crippen LogP contribution in [0.1, 0.15) is 30.9 Å². The molecule has 0 spiro atoms. The number of hydrogen-bond donors (Lipinski definition) is 2. The summed E-state index contributed by atoms with van der Waals surface area (Å²) in [5, 5.41) is 10.4. The summed E-state index contributed by atoms with van der Waals surface area (Å²) < 4.78 is 10.5. The van der Waals surface area contributed by atoms with Crippen LogP contribution < -0.4 is 15.2 Å². The SMILES string of the molecule is COc1ccc(OC)c(C(O)CN=C(N)N2CCCCC2)c1. The molecule has 1 fully saturated rings. The summed E-state index contributed by atoms with van der Waals surface area (Å²) in [5.41, 5.74) is 6.66. The van der Waals surface area contributed by atoms with Crippen LogP contribution in [0.2, 0.25) is 0 Å². The number of hydrogen-bond acceptors (Lipinski definition) is 4. The quantitative estimate of drug-likeness (QED) is 0.637. The Morgan fingerprint density at radius 1 is 1.27 bits per heavy atom. The van der Waals surface area contributed by atoms with Crippen molar-refractivity contribution < 1.29 is 14.6 Å². The number of benzene rings is 1. The number of piperidine rings is 1. The zero-order chi connectivity index (χ0) is 15.9. The van der Waals surface area contributed by atoms with E-state index in [0.29, 0.717) is 23.0 Å². The van der Waals surface area contributed by atoms with Crippen molar-refractivity contribution in [3.8, 4) is 11.5 Å². The van der Waals surface area contributed by atoms with Crippen LogP contribution in [-0.2, 0) is 0 Å². The predicted molar refractivity (Wildman–Crippen MR) is 86.4 cm³/mol. The van der Waals surface area contributed by atoms with Crippen molar-refractivity contribution in [1.29, 1.82) is 0 Å². The highest BCUT2D eigenvalue weighted by molar-refractivity contribution is 5.78. The molecule has 1 aromatic carbocycles. The molecule has 0 saturated carbocycles. The van der Waals surface area contributed by atoms with E-state index in [-0.39, 0.29) is 6.54 Å². The van der Waals surface area contributed by atoms with Gasteiger partial charge in [-0.05, 0) is 37.5 Å². The van der Waals surface area contributed by atoms with E-state index < -0.39 is 6.10 Å². The lowest BCUT2D eigenvalue weighted by Gasteiger charge is -2.27. The number of aliphatic imine (C=N–C) groups is 1. The third kappa shape index (κ3) is 4.04. The number of aliphatic hydroxyl groups is 1. The largest absolute Gasteiger partial charge is 0.497 e. The second-order valence-corrected chi connectivity index (χ2v) is 5.37. The number of nitrogens with zero attached hydrogens (tertiary/aromatic N) is 2. The normalized spacial score (nSPS) is 17.2. The molecule has 1 aliphatic heterocycles. The number of ether oxygens (including phenoxy) is 2. The Morgan fingerprint density at radius 2 is 2.00 bits per heavy atom. The zero-order valence-electron chi connectivity index (χ0n) is 13.3.